The first-order chi connectivity index (χ1) is 12.3. The van der Waals surface area contributed by atoms with E-state index >= 15 is 0 Å². The summed E-state index contributed by atoms with van der Waals surface area (Å²) in [5.41, 5.74) is 6.94. The SMILES string of the molecule is Cc1ccc(C(=O)NC2CCC(N)CC2)cc1S(=O)(=O)NC1CCCC1. The number of carbonyl (C=O) groups is 1. The average molecular weight is 380 g/mol. The van der Waals surface area contributed by atoms with E-state index in [0.717, 1.165) is 51.4 Å². The fraction of sp³-hybridized carbons (Fsp3) is 0.632. The summed E-state index contributed by atoms with van der Waals surface area (Å²) in [5, 5.41) is 3.02. The maximum absolute atomic E-state index is 12.8. The van der Waals surface area contributed by atoms with Crippen molar-refractivity contribution in [3.05, 3.63) is 29.3 Å². The lowest BCUT2D eigenvalue weighted by Crippen LogP contribution is -2.40. The van der Waals surface area contributed by atoms with Crippen LogP contribution in [0.3, 0.4) is 0 Å². The van der Waals surface area contributed by atoms with Crippen molar-refractivity contribution in [1.29, 1.82) is 0 Å². The summed E-state index contributed by atoms with van der Waals surface area (Å²) in [6, 6.07) is 5.23. The topological polar surface area (TPSA) is 101 Å². The predicted octanol–water partition coefficient (Wildman–Crippen LogP) is 2.22. The number of nitrogens with one attached hydrogen (secondary N) is 2. The zero-order valence-electron chi connectivity index (χ0n) is 15.3. The van der Waals surface area contributed by atoms with Gasteiger partial charge in [0.25, 0.3) is 5.91 Å². The highest BCUT2D eigenvalue weighted by atomic mass is 32.2. The van der Waals surface area contributed by atoms with Crippen molar-refractivity contribution in [3.8, 4) is 0 Å². The lowest BCUT2D eigenvalue weighted by molar-refractivity contribution is 0.0925. The summed E-state index contributed by atoms with van der Waals surface area (Å²) in [6.07, 6.45) is 7.41. The van der Waals surface area contributed by atoms with E-state index in [9.17, 15) is 13.2 Å². The Kier molecular flexibility index (Phi) is 5.99. The molecule has 0 aromatic heterocycles. The Balaban J connectivity index is 1.73. The van der Waals surface area contributed by atoms with E-state index in [2.05, 4.69) is 10.0 Å². The number of hydrogen-bond donors (Lipinski definition) is 3. The van der Waals surface area contributed by atoms with E-state index in [4.69, 9.17) is 5.73 Å². The van der Waals surface area contributed by atoms with Crippen LogP contribution in [0.15, 0.2) is 23.1 Å². The Hall–Kier alpha value is -1.44. The van der Waals surface area contributed by atoms with Crippen molar-refractivity contribution in [2.45, 2.75) is 81.3 Å². The van der Waals surface area contributed by atoms with Crippen LogP contribution in [-0.4, -0.2) is 32.5 Å². The van der Waals surface area contributed by atoms with Crippen molar-refractivity contribution in [2.75, 3.05) is 0 Å². The van der Waals surface area contributed by atoms with Crippen LogP contribution in [0.4, 0.5) is 0 Å². The van der Waals surface area contributed by atoms with Crippen molar-refractivity contribution in [3.63, 3.8) is 0 Å². The molecule has 6 nitrogen and oxygen atoms in total. The van der Waals surface area contributed by atoms with Gasteiger partial charge >= 0.3 is 0 Å². The van der Waals surface area contributed by atoms with Crippen LogP contribution >= 0.6 is 0 Å². The number of aryl methyl sites for hydroxylation is 1. The molecule has 1 amide bonds. The molecular formula is C19H29N3O3S. The molecular weight excluding hydrogens is 350 g/mol. The molecule has 1 aromatic rings. The summed E-state index contributed by atoms with van der Waals surface area (Å²) in [6.45, 7) is 1.76. The van der Waals surface area contributed by atoms with Gasteiger partial charge in [-0.25, -0.2) is 13.1 Å². The molecule has 0 unspecified atom stereocenters. The third-order valence-corrected chi connectivity index (χ3v) is 7.19. The minimum atomic E-state index is -3.62. The fourth-order valence-electron chi connectivity index (χ4n) is 3.89. The van der Waals surface area contributed by atoms with Gasteiger partial charge in [-0.1, -0.05) is 18.9 Å². The van der Waals surface area contributed by atoms with Crippen LogP contribution in [0.2, 0.25) is 0 Å². The Labute approximate surface area is 156 Å². The molecule has 0 bridgehead atoms. The van der Waals surface area contributed by atoms with Crippen LogP contribution in [0, 0.1) is 6.92 Å². The summed E-state index contributed by atoms with van der Waals surface area (Å²) >= 11 is 0. The molecule has 7 heteroatoms. The molecule has 2 aliphatic rings. The molecule has 0 atom stereocenters. The lowest BCUT2D eigenvalue weighted by Gasteiger charge is -2.26. The summed E-state index contributed by atoms with van der Waals surface area (Å²) in [4.78, 5) is 12.8. The molecule has 0 spiro atoms. The van der Waals surface area contributed by atoms with Crippen molar-refractivity contribution < 1.29 is 13.2 Å². The standard InChI is InChI=1S/C19H29N3O3S/c1-13-6-7-14(19(23)21-16-10-8-15(20)9-11-16)12-18(13)26(24,25)22-17-4-2-3-5-17/h6-7,12,15-17,22H,2-5,8-11,20H2,1H3,(H,21,23). The Morgan fingerprint density at radius 3 is 2.35 bits per heavy atom. The summed E-state index contributed by atoms with van der Waals surface area (Å²) in [7, 11) is -3.62. The molecule has 2 aliphatic carbocycles. The van der Waals surface area contributed by atoms with E-state index in [1.807, 2.05) is 0 Å². The number of sulfonamides is 1. The van der Waals surface area contributed by atoms with E-state index in [0.29, 0.717) is 11.1 Å². The molecule has 0 heterocycles. The molecule has 2 fully saturated rings. The van der Waals surface area contributed by atoms with Gasteiger partial charge in [-0.3, -0.25) is 4.79 Å². The molecule has 4 N–H and O–H groups in total. The Morgan fingerprint density at radius 2 is 1.69 bits per heavy atom. The summed E-state index contributed by atoms with van der Waals surface area (Å²) in [5.74, 6) is -0.220. The first kappa shape index (κ1) is 19.3. The van der Waals surface area contributed by atoms with E-state index < -0.39 is 10.0 Å². The van der Waals surface area contributed by atoms with Gasteiger partial charge in [-0.15, -0.1) is 0 Å². The van der Waals surface area contributed by atoms with Gasteiger partial charge < -0.3 is 11.1 Å². The molecule has 0 saturated heterocycles. The number of nitrogens with two attached hydrogens (primary N) is 1. The van der Waals surface area contributed by atoms with Gasteiger partial charge in [-0.05, 0) is 63.1 Å². The molecule has 2 saturated carbocycles. The highest BCUT2D eigenvalue weighted by Gasteiger charge is 2.26. The van der Waals surface area contributed by atoms with Gasteiger partial charge in [0.05, 0.1) is 4.90 Å². The number of amides is 1. The molecule has 0 aliphatic heterocycles. The Bertz CT molecular complexity index is 749. The minimum absolute atomic E-state index is 0.00308. The van der Waals surface area contributed by atoms with E-state index in [1.165, 1.54) is 6.07 Å². The predicted molar refractivity (Wildman–Crippen MR) is 101 cm³/mol. The zero-order valence-corrected chi connectivity index (χ0v) is 16.1. The van der Waals surface area contributed by atoms with Gasteiger partial charge in [-0.2, -0.15) is 0 Å². The monoisotopic (exact) mass is 379 g/mol. The third kappa shape index (κ3) is 4.64. The number of benzene rings is 1. The van der Waals surface area contributed by atoms with Gasteiger partial charge in [0.1, 0.15) is 0 Å². The van der Waals surface area contributed by atoms with Gasteiger partial charge in [0.2, 0.25) is 10.0 Å². The van der Waals surface area contributed by atoms with Crippen LogP contribution in [0.25, 0.3) is 0 Å². The largest absolute Gasteiger partial charge is 0.349 e. The highest BCUT2D eigenvalue weighted by molar-refractivity contribution is 7.89. The molecule has 26 heavy (non-hydrogen) atoms. The summed E-state index contributed by atoms with van der Waals surface area (Å²) < 4.78 is 28.3. The molecule has 1 aromatic carbocycles. The zero-order chi connectivity index (χ0) is 18.7. The number of hydrogen-bond acceptors (Lipinski definition) is 4. The maximum Gasteiger partial charge on any atom is 0.251 e. The second-order valence-corrected chi connectivity index (χ2v) is 9.35. The smallest absolute Gasteiger partial charge is 0.251 e. The first-order valence-corrected chi connectivity index (χ1v) is 11.0. The van der Waals surface area contributed by atoms with E-state index in [1.54, 1.807) is 19.1 Å². The van der Waals surface area contributed by atoms with Crippen molar-refractivity contribution in [1.82, 2.24) is 10.0 Å². The second-order valence-electron chi connectivity index (χ2n) is 7.67. The number of rotatable bonds is 5. The van der Waals surface area contributed by atoms with Crippen LogP contribution in [0.1, 0.15) is 67.3 Å². The van der Waals surface area contributed by atoms with Crippen molar-refractivity contribution >= 4 is 15.9 Å². The van der Waals surface area contributed by atoms with Gasteiger partial charge in [0, 0.05) is 23.7 Å². The first-order valence-electron chi connectivity index (χ1n) is 9.54. The van der Waals surface area contributed by atoms with Crippen LogP contribution < -0.4 is 15.8 Å². The molecule has 0 radical (unpaired) electrons. The van der Waals surface area contributed by atoms with E-state index in [-0.39, 0.29) is 28.9 Å². The normalized spacial score (nSPS) is 24.5. The van der Waals surface area contributed by atoms with Crippen LogP contribution in [-0.2, 0) is 10.0 Å². The second kappa shape index (κ2) is 8.06. The third-order valence-electron chi connectivity index (χ3n) is 5.52. The van der Waals surface area contributed by atoms with Crippen LogP contribution in [0.5, 0.6) is 0 Å². The minimum Gasteiger partial charge on any atom is -0.349 e. The average Bonchev–Trinajstić information content (AvgIpc) is 3.09. The fourth-order valence-corrected chi connectivity index (χ4v) is 5.47. The molecule has 3 rings (SSSR count). The van der Waals surface area contributed by atoms with Crippen molar-refractivity contribution in [2.24, 2.45) is 5.73 Å². The molecule has 144 valence electrons. The highest BCUT2D eigenvalue weighted by Crippen LogP contribution is 2.23. The maximum atomic E-state index is 12.8. The quantitative estimate of drug-likeness (QED) is 0.730. The number of carbonyl (C=O) groups excluding carboxylic acids is 1. The Morgan fingerprint density at radius 1 is 1.04 bits per heavy atom. The lowest BCUT2D eigenvalue weighted by atomic mass is 9.91. The van der Waals surface area contributed by atoms with Gasteiger partial charge in [0.15, 0.2) is 0 Å².